The number of imide groups is 1. The Morgan fingerprint density at radius 1 is 1.04 bits per heavy atom. The fourth-order valence-corrected chi connectivity index (χ4v) is 3.59. The summed E-state index contributed by atoms with van der Waals surface area (Å²) >= 11 is 16.2. The minimum absolute atomic E-state index is 0.166. The zero-order valence-electron chi connectivity index (χ0n) is 12.1. The van der Waals surface area contributed by atoms with Crippen molar-refractivity contribution in [1.82, 2.24) is 4.90 Å². The maximum absolute atomic E-state index is 12.5. The van der Waals surface area contributed by atoms with E-state index in [1.165, 1.54) is 4.90 Å². The number of halogens is 3. The van der Waals surface area contributed by atoms with Crippen LogP contribution in [-0.2, 0) is 11.3 Å². The van der Waals surface area contributed by atoms with Crippen molar-refractivity contribution in [2.45, 2.75) is 6.54 Å². The summed E-state index contributed by atoms with van der Waals surface area (Å²) in [7, 11) is 0. The second-order valence-corrected chi connectivity index (χ2v) is 7.79. The van der Waals surface area contributed by atoms with E-state index in [0.29, 0.717) is 15.0 Å². The van der Waals surface area contributed by atoms with Gasteiger partial charge < -0.3 is 0 Å². The molecule has 1 aliphatic heterocycles. The number of carbonyl (C=O) groups is 2. The Morgan fingerprint density at radius 3 is 2.42 bits per heavy atom. The van der Waals surface area contributed by atoms with Crippen LogP contribution in [0.2, 0.25) is 10.0 Å². The number of rotatable bonds is 3. The molecule has 2 aromatic carbocycles. The SMILES string of the molecule is O=C1S/C(=C/c2ccc(Br)cc2)C(=O)N1Cc1ccc(Cl)c(Cl)c1. The summed E-state index contributed by atoms with van der Waals surface area (Å²) < 4.78 is 0.951. The summed E-state index contributed by atoms with van der Waals surface area (Å²) in [6, 6.07) is 12.6. The van der Waals surface area contributed by atoms with E-state index >= 15 is 0 Å². The van der Waals surface area contributed by atoms with E-state index < -0.39 is 0 Å². The molecule has 3 nitrogen and oxygen atoms in total. The lowest BCUT2D eigenvalue weighted by atomic mass is 10.2. The van der Waals surface area contributed by atoms with E-state index in [0.717, 1.165) is 27.4 Å². The number of amides is 2. The van der Waals surface area contributed by atoms with Gasteiger partial charge in [0.1, 0.15) is 0 Å². The van der Waals surface area contributed by atoms with Gasteiger partial charge in [0.15, 0.2) is 0 Å². The molecule has 7 heteroatoms. The molecule has 0 spiro atoms. The number of nitrogens with zero attached hydrogens (tertiary/aromatic N) is 1. The summed E-state index contributed by atoms with van der Waals surface area (Å²) in [4.78, 5) is 26.3. The van der Waals surface area contributed by atoms with E-state index in [4.69, 9.17) is 23.2 Å². The zero-order chi connectivity index (χ0) is 17.3. The second-order valence-electron chi connectivity index (χ2n) is 5.07. The molecule has 3 rings (SSSR count). The fraction of sp³-hybridized carbons (Fsp3) is 0.0588. The molecule has 1 saturated heterocycles. The third-order valence-electron chi connectivity index (χ3n) is 3.37. The first-order valence-corrected chi connectivity index (χ1v) is 9.25. The number of thioether (sulfide) groups is 1. The summed E-state index contributed by atoms with van der Waals surface area (Å²) in [5, 5.41) is 0.533. The highest BCUT2D eigenvalue weighted by atomic mass is 79.9. The largest absolute Gasteiger partial charge is 0.293 e. The van der Waals surface area contributed by atoms with E-state index in [9.17, 15) is 9.59 Å². The molecule has 0 atom stereocenters. The lowest BCUT2D eigenvalue weighted by molar-refractivity contribution is -0.123. The average molecular weight is 443 g/mol. The van der Waals surface area contributed by atoms with Crippen molar-refractivity contribution in [1.29, 1.82) is 0 Å². The van der Waals surface area contributed by atoms with Gasteiger partial charge in [0, 0.05) is 4.47 Å². The number of hydrogen-bond donors (Lipinski definition) is 0. The van der Waals surface area contributed by atoms with Crippen LogP contribution in [-0.4, -0.2) is 16.0 Å². The maximum atomic E-state index is 12.5. The van der Waals surface area contributed by atoms with E-state index in [2.05, 4.69) is 15.9 Å². The van der Waals surface area contributed by atoms with Crippen molar-refractivity contribution < 1.29 is 9.59 Å². The van der Waals surface area contributed by atoms with Crippen LogP contribution in [0, 0.1) is 0 Å². The van der Waals surface area contributed by atoms with Crippen LogP contribution < -0.4 is 0 Å². The lowest BCUT2D eigenvalue weighted by Gasteiger charge is -2.12. The highest BCUT2D eigenvalue weighted by molar-refractivity contribution is 9.10. The molecule has 24 heavy (non-hydrogen) atoms. The van der Waals surface area contributed by atoms with Gasteiger partial charge >= 0.3 is 0 Å². The fourth-order valence-electron chi connectivity index (χ4n) is 2.17. The predicted molar refractivity (Wildman–Crippen MR) is 102 cm³/mol. The first-order valence-electron chi connectivity index (χ1n) is 6.89. The first kappa shape index (κ1) is 17.5. The molecule has 1 aliphatic rings. The Balaban J connectivity index is 1.81. The summed E-state index contributed by atoms with van der Waals surface area (Å²) in [5.74, 6) is -0.306. The molecular weight excluding hydrogens is 433 g/mol. The molecule has 2 amide bonds. The highest BCUT2D eigenvalue weighted by Crippen LogP contribution is 2.34. The first-order chi connectivity index (χ1) is 11.4. The molecule has 2 aromatic rings. The molecule has 0 radical (unpaired) electrons. The van der Waals surface area contributed by atoms with Crippen molar-refractivity contribution in [3.05, 3.63) is 73.0 Å². The summed E-state index contributed by atoms with van der Waals surface area (Å²) in [6.07, 6.45) is 1.71. The van der Waals surface area contributed by atoms with Crippen LogP contribution >= 0.6 is 50.9 Å². The summed E-state index contributed by atoms with van der Waals surface area (Å²) in [5.41, 5.74) is 1.61. The Bertz CT molecular complexity index is 852. The molecular formula is C17H10BrCl2NO2S. The molecule has 0 saturated carbocycles. The molecule has 0 N–H and O–H groups in total. The predicted octanol–water partition coefficient (Wildman–Crippen LogP) is 5.99. The van der Waals surface area contributed by atoms with Crippen LogP contribution in [0.5, 0.6) is 0 Å². The van der Waals surface area contributed by atoms with E-state index in [1.54, 1.807) is 24.3 Å². The molecule has 122 valence electrons. The van der Waals surface area contributed by atoms with Crippen molar-refractivity contribution in [2.24, 2.45) is 0 Å². The minimum Gasteiger partial charge on any atom is -0.268 e. The van der Waals surface area contributed by atoms with Gasteiger partial charge in [-0.25, -0.2) is 0 Å². The van der Waals surface area contributed by atoms with Crippen LogP contribution in [0.1, 0.15) is 11.1 Å². The molecule has 1 fully saturated rings. The van der Waals surface area contributed by atoms with Crippen molar-refractivity contribution in [3.8, 4) is 0 Å². The van der Waals surface area contributed by atoms with Gasteiger partial charge in [0.25, 0.3) is 11.1 Å². The molecule has 1 heterocycles. The van der Waals surface area contributed by atoms with Crippen molar-refractivity contribution in [3.63, 3.8) is 0 Å². The standard InChI is InChI=1S/C17H10BrCl2NO2S/c18-12-4-1-10(2-5-12)8-15-16(22)21(17(23)24-15)9-11-3-6-13(19)14(20)7-11/h1-8H,9H2/b15-8+. The normalized spacial score (nSPS) is 16.3. The van der Waals surface area contributed by atoms with Gasteiger partial charge in [-0.1, -0.05) is 57.3 Å². The Labute approximate surface area is 161 Å². The van der Waals surface area contributed by atoms with Crippen molar-refractivity contribution in [2.75, 3.05) is 0 Å². The molecule has 0 aliphatic carbocycles. The van der Waals surface area contributed by atoms with Gasteiger partial charge in [0.2, 0.25) is 0 Å². The maximum Gasteiger partial charge on any atom is 0.293 e. The average Bonchev–Trinajstić information content (AvgIpc) is 2.81. The molecule has 0 unspecified atom stereocenters. The quantitative estimate of drug-likeness (QED) is 0.547. The number of benzene rings is 2. The van der Waals surface area contributed by atoms with E-state index in [-0.39, 0.29) is 17.7 Å². The monoisotopic (exact) mass is 441 g/mol. The van der Waals surface area contributed by atoms with Crippen LogP contribution in [0.25, 0.3) is 6.08 Å². The zero-order valence-corrected chi connectivity index (χ0v) is 16.0. The lowest BCUT2D eigenvalue weighted by Crippen LogP contribution is -2.27. The summed E-state index contributed by atoms with van der Waals surface area (Å²) in [6.45, 7) is 0.166. The van der Waals surface area contributed by atoms with Crippen molar-refractivity contribution >= 4 is 68.1 Å². The van der Waals surface area contributed by atoms with Gasteiger partial charge in [-0.05, 0) is 53.2 Å². The second kappa shape index (κ2) is 7.31. The third-order valence-corrected chi connectivity index (χ3v) is 5.54. The van der Waals surface area contributed by atoms with Gasteiger partial charge in [-0.3, -0.25) is 14.5 Å². The topological polar surface area (TPSA) is 37.4 Å². The van der Waals surface area contributed by atoms with Crippen LogP contribution in [0.15, 0.2) is 51.8 Å². The van der Waals surface area contributed by atoms with Gasteiger partial charge in [-0.15, -0.1) is 0 Å². The van der Waals surface area contributed by atoms with Crippen LogP contribution in [0.3, 0.4) is 0 Å². The van der Waals surface area contributed by atoms with Gasteiger partial charge in [0.05, 0.1) is 21.5 Å². The van der Waals surface area contributed by atoms with E-state index in [1.807, 2.05) is 24.3 Å². The third kappa shape index (κ3) is 3.86. The van der Waals surface area contributed by atoms with Gasteiger partial charge in [-0.2, -0.15) is 0 Å². The Morgan fingerprint density at radius 2 is 1.75 bits per heavy atom. The number of carbonyl (C=O) groups excluding carboxylic acids is 2. The molecule has 0 aromatic heterocycles. The molecule has 0 bridgehead atoms. The smallest absolute Gasteiger partial charge is 0.268 e. The van der Waals surface area contributed by atoms with Crippen LogP contribution in [0.4, 0.5) is 4.79 Å². The number of hydrogen-bond acceptors (Lipinski definition) is 3. The Kier molecular flexibility index (Phi) is 5.35. The Hall–Kier alpha value is -1.27. The minimum atomic E-state index is -0.306. The highest BCUT2D eigenvalue weighted by Gasteiger charge is 2.35.